The van der Waals surface area contributed by atoms with Crippen molar-refractivity contribution in [3.63, 3.8) is 0 Å². The number of halogens is 1. The second-order valence-electron chi connectivity index (χ2n) is 6.29. The highest BCUT2D eigenvalue weighted by Crippen LogP contribution is 2.41. The van der Waals surface area contributed by atoms with Crippen molar-refractivity contribution in [2.24, 2.45) is 0 Å². The van der Waals surface area contributed by atoms with Gasteiger partial charge < -0.3 is 10.0 Å². The average molecular weight is 356 g/mol. The van der Waals surface area contributed by atoms with E-state index in [1.165, 1.54) is 0 Å². The van der Waals surface area contributed by atoms with Crippen molar-refractivity contribution in [1.29, 1.82) is 0 Å². The summed E-state index contributed by atoms with van der Waals surface area (Å²) in [6, 6.07) is 11.2. The zero-order valence-corrected chi connectivity index (χ0v) is 14.6. The zero-order valence-electron chi connectivity index (χ0n) is 13.9. The van der Waals surface area contributed by atoms with E-state index in [2.05, 4.69) is 0 Å². The van der Waals surface area contributed by atoms with Gasteiger partial charge in [0.05, 0.1) is 29.3 Å². The summed E-state index contributed by atoms with van der Waals surface area (Å²) in [5, 5.41) is 15.2. The largest absolute Gasteiger partial charge is 0.395 e. The van der Waals surface area contributed by atoms with Gasteiger partial charge in [0.2, 0.25) is 0 Å². The molecule has 3 aromatic rings. The van der Waals surface area contributed by atoms with Crippen LogP contribution in [-0.2, 0) is 6.54 Å². The standard InChI is InChI=1S/C19H18ClN3O2/c1-22(10-11-24)8-9-23-15-7-3-5-13-17(15)18(21-23)12-4-2-6-14(20)16(12)19(13)25/h2-7,24H,8-11H2,1H3. The van der Waals surface area contributed by atoms with E-state index < -0.39 is 0 Å². The molecule has 0 bridgehead atoms. The van der Waals surface area contributed by atoms with E-state index >= 15 is 0 Å². The Balaban J connectivity index is 1.86. The van der Waals surface area contributed by atoms with Crippen LogP contribution in [0.4, 0.5) is 0 Å². The summed E-state index contributed by atoms with van der Waals surface area (Å²) in [5.41, 5.74) is 3.75. The van der Waals surface area contributed by atoms with Crippen molar-refractivity contribution >= 4 is 28.3 Å². The van der Waals surface area contributed by atoms with Crippen LogP contribution in [0.3, 0.4) is 0 Å². The molecule has 4 rings (SSSR count). The molecule has 0 spiro atoms. The molecule has 1 N–H and O–H groups in total. The van der Waals surface area contributed by atoms with Crippen LogP contribution in [0, 0.1) is 0 Å². The van der Waals surface area contributed by atoms with Gasteiger partial charge in [-0.15, -0.1) is 0 Å². The quantitative estimate of drug-likeness (QED) is 0.598. The first kappa shape index (κ1) is 16.3. The lowest BCUT2D eigenvalue weighted by molar-refractivity contribution is 0.104. The van der Waals surface area contributed by atoms with E-state index in [1.54, 1.807) is 6.07 Å². The lowest BCUT2D eigenvalue weighted by atomic mass is 9.87. The van der Waals surface area contributed by atoms with E-state index in [0.29, 0.717) is 29.2 Å². The summed E-state index contributed by atoms with van der Waals surface area (Å²) in [6.07, 6.45) is 0. The van der Waals surface area contributed by atoms with Crippen molar-refractivity contribution in [2.45, 2.75) is 6.54 Å². The fourth-order valence-electron chi connectivity index (χ4n) is 3.41. The highest BCUT2D eigenvalue weighted by Gasteiger charge is 2.30. The number of carbonyl (C=O) groups excluding carboxylic acids is 1. The average Bonchev–Trinajstić information content (AvgIpc) is 2.98. The number of ketones is 1. The highest BCUT2D eigenvalue weighted by molar-refractivity contribution is 6.38. The molecule has 0 radical (unpaired) electrons. The van der Waals surface area contributed by atoms with E-state index in [9.17, 15) is 4.79 Å². The van der Waals surface area contributed by atoms with Gasteiger partial charge in [-0.3, -0.25) is 9.48 Å². The van der Waals surface area contributed by atoms with Crippen LogP contribution >= 0.6 is 11.6 Å². The molecular formula is C19H18ClN3O2. The van der Waals surface area contributed by atoms with Crippen LogP contribution in [0.25, 0.3) is 22.2 Å². The molecule has 2 aromatic carbocycles. The van der Waals surface area contributed by atoms with Crippen molar-refractivity contribution in [3.05, 3.63) is 52.5 Å². The molecule has 6 heteroatoms. The number of carbonyl (C=O) groups is 1. The minimum absolute atomic E-state index is 0.0457. The molecule has 1 aliphatic rings. The molecule has 25 heavy (non-hydrogen) atoms. The molecule has 5 nitrogen and oxygen atoms in total. The summed E-state index contributed by atoms with van der Waals surface area (Å²) in [4.78, 5) is 15.0. The van der Waals surface area contributed by atoms with Crippen LogP contribution in [0.1, 0.15) is 15.9 Å². The minimum atomic E-state index is -0.0457. The fourth-order valence-corrected chi connectivity index (χ4v) is 3.67. The Labute approximate surface area is 150 Å². The van der Waals surface area contributed by atoms with Crippen LogP contribution < -0.4 is 0 Å². The normalized spacial score (nSPS) is 12.9. The molecule has 0 saturated carbocycles. The maximum absolute atomic E-state index is 12.9. The molecular weight excluding hydrogens is 338 g/mol. The summed E-state index contributed by atoms with van der Waals surface area (Å²) >= 11 is 6.30. The Morgan fingerprint density at radius 2 is 1.92 bits per heavy atom. The fraction of sp³-hybridized carbons (Fsp3) is 0.263. The van der Waals surface area contributed by atoms with Gasteiger partial charge in [-0.1, -0.05) is 35.9 Å². The third kappa shape index (κ3) is 2.56. The number of aliphatic hydroxyl groups is 1. The third-order valence-electron chi connectivity index (χ3n) is 4.69. The van der Waals surface area contributed by atoms with Crippen molar-refractivity contribution < 1.29 is 9.90 Å². The number of nitrogens with zero attached hydrogens (tertiary/aromatic N) is 3. The number of aromatic nitrogens is 2. The van der Waals surface area contributed by atoms with Gasteiger partial charge in [0.1, 0.15) is 5.69 Å². The summed E-state index contributed by atoms with van der Waals surface area (Å²) in [6.45, 7) is 2.19. The predicted molar refractivity (Wildman–Crippen MR) is 98.2 cm³/mol. The maximum Gasteiger partial charge on any atom is 0.195 e. The maximum atomic E-state index is 12.9. The van der Waals surface area contributed by atoms with Crippen LogP contribution in [0.15, 0.2) is 36.4 Å². The first-order valence-electron chi connectivity index (χ1n) is 8.24. The van der Waals surface area contributed by atoms with E-state index in [1.807, 2.05) is 47.0 Å². The summed E-state index contributed by atoms with van der Waals surface area (Å²) < 4.78 is 1.94. The monoisotopic (exact) mass is 355 g/mol. The molecule has 0 fully saturated rings. The smallest absolute Gasteiger partial charge is 0.195 e. The highest BCUT2D eigenvalue weighted by atomic mass is 35.5. The van der Waals surface area contributed by atoms with Gasteiger partial charge in [-0.2, -0.15) is 5.10 Å². The van der Waals surface area contributed by atoms with Gasteiger partial charge in [-0.25, -0.2) is 0 Å². The number of likely N-dealkylation sites (N-methyl/N-ethyl adjacent to an activating group) is 1. The number of hydrogen-bond acceptors (Lipinski definition) is 4. The van der Waals surface area contributed by atoms with Crippen molar-refractivity contribution in [2.75, 3.05) is 26.7 Å². The molecule has 128 valence electrons. The van der Waals surface area contributed by atoms with E-state index in [0.717, 1.165) is 28.7 Å². The Hall–Kier alpha value is -2.21. The number of benzene rings is 2. The minimum Gasteiger partial charge on any atom is -0.395 e. The number of fused-ring (bicyclic) bond motifs is 2. The lowest BCUT2D eigenvalue weighted by Crippen LogP contribution is -2.26. The number of hydrogen-bond donors (Lipinski definition) is 1. The van der Waals surface area contributed by atoms with Gasteiger partial charge in [-0.05, 0) is 19.2 Å². The Bertz CT molecular complexity index is 980. The first-order chi connectivity index (χ1) is 12.1. The first-order valence-corrected chi connectivity index (χ1v) is 8.62. The lowest BCUT2D eigenvalue weighted by Gasteiger charge is -2.15. The third-order valence-corrected chi connectivity index (χ3v) is 5.01. The molecule has 1 aliphatic carbocycles. The Morgan fingerprint density at radius 1 is 1.16 bits per heavy atom. The van der Waals surface area contributed by atoms with Crippen LogP contribution in [0.5, 0.6) is 0 Å². The molecule has 0 saturated heterocycles. The molecule has 0 unspecified atom stereocenters. The van der Waals surface area contributed by atoms with Crippen LogP contribution in [0.2, 0.25) is 5.02 Å². The topological polar surface area (TPSA) is 58.4 Å². The SMILES string of the molecule is CN(CCO)CCn1nc2c3c(cccc31)C(=O)c1c(Cl)cccc1-2. The van der Waals surface area contributed by atoms with Gasteiger partial charge in [0.15, 0.2) is 5.78 Å². The van der Waals surface area contributed by atoms with Crippen molar-refractivity contribution in [3.8, 4) is 11.3 Å². The van der Waals surface area contributed by atoms with E-state index in [4.69, 9.17) is 21.8 Å². The van der Waals surface area contributed by atoms with Crippen molar-refractivity contribution in [1.82, 2.24) is 14.7 Å². The molecule has 0 aliphatic heterocycles. The summed E-state index contributed by atoms with van der Waals surface area (Å²) in [7, 11) is 1.96. The number of aliphatic hydroxyl groups excluding tert-OH is 1. The molecule has 1 aromatic heterocycles. The van der Waals surface area contributed by atoms with Crippen LogP contribution in [-0.4, -0.2) is 52.3 Å². The number of rotatable bonds is 5. The Kier molecular flexibility index (Phi) is 4.07. The molecule has 1 heterocycles. The molecule has 0 atom stereocenters. The molecule has 0 amide bonds. The summed E-state index contributed by atoms with van der Waals surface area (Å²) in [5.74, 6) is -0.0457. The second kappa shape index (κ2) is 6.26. The Morgan fingerprint density at radius 3 is 2.72 bits per heavy atom. The second-order valence-corrected chi connectivity index (χ2v) is 6.70. The van der Waals surface area contributed by atoms with Gasteiger partial charge in [0, 0.05) is 29.6 Å². The van der Waals surface area contributed by atoms with Gasteiger partial charge in [0.25, 0.3) is 0 Å². The van der Waals surface area contributed by atoms with E-state index in [-0.39, 0.29) is 12.4 Å². The zero-order chi connectivity index (χ0) is 17.6. The van der Waals surface area contributed by atoms with Gasteiger partial charge >= 0.3 is 0 Å². The predicted octanol–water partition coefficient (Wildman–Crippen LogP) is 2.83.